The van der Waals surface area contributed by atoms with Crippen LogP contribution < -0.4 is 10.2 Å². The Morgan fingerprint density at radius 1 is 0.778 bits per heavy atom. The molecule has 0 bridgehead atoms. The first-order chi connectivity index (χ1) is 17.1. The van der Waals surface area contributed by atoms with Crippen LogP contribution in [0.1, 0.15) is 65.2 Å². The third-order valence-electron chi connectivity index (χ3n) is 4.45. The molecule has 3 rings (SSSR count). The number of benzene rings is 3. The van der Waals surface area contributed by atoms with Gasteiger partial charge in [0.1, 0.15) is 25.0 Å². The van der Waals surface area contributed by atoms with E-state index in [1.807, 2.05) is 95.3 Å². The number of hydrogen-bond acceptors (Lipinski definition) is 5. The van der Waals surface area contributed by atoms with Gasteiger partial charge in [-0.3, -0.25) is 4.79 Å². The average Bonchev–Trinajstić information content (AvgIpc) is 2.94. The molecule has 0 saturated heterocycles. The highest BCUT2D eigenvalue weighted by atomic mass is 16.6. The summed E-state index contributed by atoms with van der Waals surface area (Å²) < 4.78 is 10.8. The molecule has 0 radical (unpaired) electrons. The minimum Gasteiger partial charge on any atom is -0.489 e. The standard InChI is InChI=1S/C14H14O.C12H17NO3.2C2H6.CH4/c1-12-7-9-14(10-8-12)15-11-13-5-3-2-4-6-13;1-3-11(13-15-2)12(14)16-9-10-7-5-4-6-8-10;2*1-2;/h2-10H,11H2,1H3;4-8,11,13H,3,9H2,1-2H3;2*1-2H3;1H4. The first-order valence-corrected chi connectivity index (χ1v) is 12.3. The highest BCUT2D eigenvalue weighted by Gasteiger charge is 2.17. The molecule has 5 heteroatoms. The first kappa shape index (κ1) is 35.0. The number of carbonyl (C=O) groups is 1. The van der Waals surface area contributed by atoms with Crippen molar-refractivity contribution in [3.8, 4) is 5.75 Å². The predicted molar refractivity (Wildman–Crippen MR) is 152 cm³/mol. The van der Waals surface area contributed by atoms with E-state index < -0.39 is 6.04 Å². The zero-order chi connectivity index (χ0) is 26.3. The summed E-state index contributed by atoms with van der Waals surface area (Å²) in [5.41, 5.74) is 6.01. The molecule has 5 nitrogen and oxygen atoms in total. The van der Waals surface area contributed by atoms with Gasteiger partial charge >= 0.3 is 5.97 Å². The number of carbonyl (C=O) groups excluding carboxylic acids is 1. The summed E-state index contributed by atoms with van der Waals surface area (Å²) in [6.45, 7) is 12.9. The Balaban J connectivity index is 0. The van der Waals surface area contributed by atoms with Crippen LogP contribution in [0.2, 0.25) is 0 Å². The van der Waals surface area contributed by atoms with E-state index in [2.05, 4.69) is 36.7 Å². The van der Waals surface area contributed by atoms with Crippen LogP contribution in [0.5, 0.6) is 5.75 Å². The Labute approximate surface area is 219 Å². The van der Waals surface area contributed by atoms with Crippen LogP contribution in [0, 0.1) is 6.92 Å². The Kier molecular flexibility index (Phi) is 22.9. The van der Waals surface area contributed by atoms with Crippen LogP contribution >= 0.6 is 0 Å². The monoisotopic (exact) mass is 497 g/mol. The van der Waals surface area contributed by atoms with Crippen molar-refractivity contribution in [1.82, 2.24) is 5.48 Å². The zero-order valence-corrected chi connectivity index (χ0v) is 22.4. The second-order valence-electron chi connectivity index (χ2n) is 6.96. The summed E-state index contributed by atoms with van der Waals surface area (Å²) in [4.78, 5) is 16.3. The lowest BCUT2D eigenvalue weighted by Gasteiger charge is -2.14. The maximum atomic E-state index is 11.6. The Hall–Kier alpha value is -3.15. The molecular formula is C31H47NO4. The summed E-state index contributed by atoms with van der Waals surface area (Å²) in [5.74, 6) is 0.623. The van der Waals surface area contributed by atoms with Gasteiger partial charge in [-0.05, 0) is 36.6 Å². The number of nitrogens with one attached hydrogen (secondary N) is 1. The Bertz CT molecular complexity index is 868. The average molecular weight is 498 g/mol. The van der Waals surface area contributed by atoms with Crippen molar-refractivity contribution < 1.29 is 19.1 Å². The van der Waals surface area contributed by atoms with Gasteiger partial charge in [-0.25, -0.2) is 0 Å². The SMILES string of the molecule is C.CC.CC.CCC(NOC)C(=O)OCc1ccccc1.Cc1ccc(OCc2ccccc2)cc1. The van der Waals surface area contributed by atoms with Crippen LogP contribution in [0.25, 0.3) is 0 Å². The van der Waals surface area contributed by atoms with Gasteiger partial charge in [0.05, 0.1) is 7.11 Å². The fraction of sp³-hybridized carbons (Fsp3) is 0.387. The van der Waals surface area contributed by atoms with Gasteiger partial charge in [0, 0.05) is 0 Å². The topological polar surface area (TPSA) is 56.8 Å². The van der Waals surface area contributed by atoms with Gasteiger partial charge in [-0.1, -0.05) is 120 Å². The number of aryl methyl sites for hydroxylation is 1. The van der Waals surface area contributed by atoms with Crippen molar-refractivity contribution in [2.45, 2.75) is 74.6 Å². The number of ether oxygens (including phenoxy) is 2. The van der Waals surface area contributed by atoms with Gasteiger partial charge in [0.15, 0.2) is 0 Å². The summed E-state index contributed by atoms with van der Waals surface area (Å²) in [5, 5.41) is 0. The highest BCUT2D eigenvalue weighted by Crippen LogP contribution is 2.13. The number of rotatable bonds is 9. The van der Waals surface area contributed by atoms with Crippen LogP contribution in [-0.2, 0) is 27.6 Å². The maximum absolute atomic E-state index is 11.6. The zero-order valence-electron chi connectivity index (χ0n) is 22.4. The molecule has 3 aromatic carbocycles. The third-order valence-corrected chi connectivity index (χ3v) is 4.45. The maximum Gasteiger partial charge on any atom is 0.325 e. The molecule has 1 N–H and O–H groups in total. The summed E-state index contributed by atoms with van der Waals surface area (Å²) in [7, 11) is 1.48. The first-order valence-electron chi connectivity index (χ1n) is 12.3. The second-order valence-corrected chi connectivity index (χ2v) is 6.96. The van der Waals surface area contributed by atoms with Crippen molar-refractivity contribution in [1.29, 1.82) is 0 Å². The molecule has 0 amide bonds. The van der Waals surface area contributed by atoms with E-state index in [0.29, 0.717) is 19.6 Å². The molecule has 0 fully saturated rings. The summed E-state index contributed by atoms with van der Waals surface area (Å²) in [6.07, 6.45) is 0.626. The lowest BCUT2D eigenvalue weighted by molar-refractivity contribution is -0.151. The van der Waals surface area contributed by atoms with E-state index >= 15 is 0 Å². The highest BCUT2D eigenvalue weighted by molar-refractivity contribution is 5.75. The third kappa shape index (κ3) is 15.7. The molecule has 0 aliphatic carbocycles. The molecule has 1 atom stereocenters. The van der Waals surface area contributed by atoms with Crippen molar-refractivity contribution in [2.75, 3.05) is 7.11 Å². The van der Waals surface area contributed by atoms with Crippen molar-refractivity contribution in [2.24, 2.45) is 0 Å². The van der Waals surface area contributed by atoms with Gasteiger partial charge in [0.2, 0.25) is 0 Å². The minimum atomic E-state index is -0.409. The lowest BCUT2D eigenvalue weighted by atomic mass is 10.2. The predicted octanol–water partition coefficient (Wildman–Crippen LogP) is 7.92. The fourth-order valence-corrected chi connectivity index (χ4v) is 2.65. The van der Waals surface area contributed by atoms with Crippen molar-refractivity contribution >= 4 is 5.97 Å². The van der Waals surface area contributed by atoms with E-state index in [9.17, 15) is 4.79 Å². The number of hydrogen-bond donors (Lipinski definition) is 1. The van der Waals surface area contributed by atoms with E-state index in [1.165, 1.54) is 18.2 Å². The van der Waals surface area contributed by atoms with Crippen LogP contribution in [0.3, 0.4) is 0 Å². The van der Waals surface area contributed by atoms with E-state index in [4.69, 9.17) is 14.3 Å². The molecule has 0 aliphatic rings. The fourth-order valence-electron chi connectivity index (χ4n) is 2.65. The number of esters is 1. The van der Waals surface area contributed by atoms with Crippen LogP contribution in [0.4, 0.5) is 0 Å². The van der Waals surface area contributed by atoms with Gasteiger partial charge in [-0.2, -0.15) is 5.48 Å². The molecule has 0 heterocycles. The molecular weight excluding hydrogens is 450 g/mol. The molecule has 200 valence electrons. The smallest absolute Gasteiger partial charge is 0.325 e. The molecule has 36 heavy (non-hydrogen) atoms. The molecule has 0 spiro atoms. The van der Waals surface area contributed by atoms with Gasteiger partial charge in [-0.15, -0.1) is 0 Å². The van der Waals surface area contributed by atoms with Gasteiger partial charge in [0.25, 0.3) is 0 Å². The van der Waals surface area contributed by atoms with E-state index in [-0.39, 0.29) is 13.4 Å². The molecule has 0 saturated carbocycles. The minimum absolute atomic E-state index is 0. The van der Waals surface area contributed by atoms with Gasteiger partial charge < -0.3 is 14.3 Å². The number of hydroxylamine groups is 1. The van der Waals surface area contributed by atoms with E-state index in [1.54, 1.807) is 0 Å². The largest absolute Gasteiger partial charge is 0.489 e. The summed E-state index contributed by atoms with van der Waals surface area (Å²) in [6, 6.07) is 27.5. The molecule has 0 aliphatic heterocycles. The summed E-state index contributed by atoms with van der Waals surface area (Å²) >= 11 is 0. The second kappa shape index (κ2) is 23.6. The Morgan fingerprint density at radius 2 is 1.25 bits per heavy atom. The molecule has 1 unspecified atom stereocenters. The van der Waals surface area contributed by atoms with Crippen LogP contribution in [0.15, 0.2) is 84.9 Å². The molecule has 0 aromatic heterocycles. The quantitative estimate of drug-likeness (QED) is 0.240. The lowest BCUT2D eigenvalue weighted by Crippen LogP contribution is -2.36. The van der Waals surface area contributed by atoms with Crippen LogP contribution in [-0.4, -0.2) is 19.1 Å². The van der Waals surface area contributed by atoms with E-state index in [0.717, 1.165) is 11.3 Å². The van der Waals surface area contributed by atoms with Crippen molar-refractivity contribution in [3.63, 3.8) is 0 Å². The van der Waals surface area contributed by atoms with Crippen molar-refractivity contribution in [3.05, 3.63) is 102 Å². The normalized spacial score (nSPS) is 9.86. The molecule has 3 aromatic rings. The Morgan fingerprint density at radius 3 is 1.69 bits per heavy atom.